The van der Waals surface area contributed by atoms with Gasteiger partial charge in [-0.05, 0) is 26.7 Å². The predicted octanol–water partition coefficient (Wildman–Crippen LogP) is 1.90. The van der Waals surface area contributed by atoms with E-state index in [9.17, 15) is 9.59 Å². The molecule has 0 radical (unpaired) electrons. The van der Waals surface area contributed by atoms with Crippen LogP contribution in [0.1, 0.15) is 47.0 Å². The first-order valence-corrected chi connectivity index (χ1v) is 5.60. The molecule has 0 spiro atoms. The highest BCUT2D eigenvalue weighted by Gasteiger charge is 2.44. The van der Waals surface area contributed by atoms with Crippen LogP contribution in [-0.2, 0) is 4.79 Å². The molecule has 0 saturated carbocycles. The first-order chi connectivity index (χ1) is 6.96. The Balaban J connectivity index is 2.93. The zero-order chi connectivity index (χ0) is 11.6. The van der Waals surface area contributed by atoms with Crippen LogP contribution in [0.25, 0.3) is 0 Å². The number of hydrogen-bond acceptors (Lipinski definition) is 2. The van der Waals surface area contributed by atoms with Crippen molar-refractivity contribution < 1.29 is 9.59 Å². The summed E-state index contributed by atoms with van der Waals surface area (Å²) in [6.45, 7) is 7.97. The van der Waals surface area contributed by atoms with Crippen LogP contribution in [-0.4, -0.2) is 28.4 Å². The lowest BCUT2D eigenvalue weighted by Gasteiger charge is -2.39. The van der Waals surface area contributed by atoms with Crippen molar-refractivity contribution in [1.82, 2.24) is 10.2 Å². The number of rotatable bonds is 4. The molecular weight excluding hydrogens is 192 g/mol. The summed E-state index contributed by atoms with van der Waals surface area (Å²) in [5, 5.41) is 2.36. The summed E-state index contributed by atoms with van der Waals surface area (Å²) in [7, 11) is 0. The number of nitrogens with zero attached hydrogens (tertiary/aromatic N) is 1. The molecule has 0 aromatic rings. The van der Waals surface area contributed by atoms with Crippen molar-refractivity contribution in [2.75, 3.05) is 0 Å². The van der Waals surface area contributed by atoms with Gasteiger partial charge in [0.2, 0.25) is 0 Å². The van der Waals surface area contributed by atoms with Gasteiger partial charge < -0.3 is 4.90 Å². The normalized spacial score (nSPS) is 25.3. The molecule has 0 aromatic heterocycles. The highest BCUT2D eigenvalue weighted by Crippen LogP contribution is 2.29. The van der Waals surface area contributed by atoms with Gasteiger partial charge in [0.05, 0.1) is 0 Å². The maximum atomic E-state index is 11.7. The fourth-order valence-electron chi connectivity index (χ4n) is 2.28. The Morgan fingerprint density at radius 3 is 2.33 bits per heavy atom. The maximum absolute atomic E-state index is 11.7. The van der Waals surface area contributed by atoms with Crippen molar-refractivity contribution in [3.05, 3.63) is 0 Å². The van der Waals surface area contributed by atoms with Crippen molar-refractivity contribution in [3.8, 4) is 0 Å². The molecule has 1 aliphatic heterocycles. The molecule has 1 N–H and O–H groups in total. The Morgan fingerprint density at radius 1 is 1.40 bits per heavy atom. The van der Waals surface area contributed by atoms with Crippen molar-refractivity contribution >= 4 is 11.9 Å². The van der Waals surface area contributed by atoms with E-state index in [1.807, 2.05) is 6.92 Å². The summed E-state index contributed by atoms with van der Waals surface area (Å²) in [6, 6.07) is -0.584. The van der Waals surface area contributed by atoms with Crippen LogP contribution in [0.4, 0.5) is 4.79 Å². The van der Waals surface area contributed by atoms with Crippen LogP contribution in [0, 0.1) is 0 Å². The van der Waals surface area contributed by atoms with Crippen molar-refractivity contribution in [1.29, 1.82) is 0 Å². The van der Waals surface area contributed by atoms with Gasteiger partial charge in [0.15, 0.2) is 0 Å². The zero-order valence-electron chi connectivity index (χ0n) is 9.96. The second-order valence-corrected chi connectivity index (χ2v) is 4.44. The Labute approximate surface area is 91.0 Å². The van der Waals surface area contributed by atoms with Crippen LogP contribution < -0.4 is 5.32 Å². The molecule has 1 aliphatic rings. The third-order valence-corrected chi connectivity index (χ3v) is 3.35. The molecule has 2 atom stereocenters. The van der Waals surface area contributed by atoms with E-state index in [2.05, 4.69) is 19.2 Å². The lowest BCUT2D eigenvalue weighted by atomic mass is 9.90. The summed E-state index contributed by atoms with van der Waals surface area (Å²) in [6.07, 6.45) is 2.80. The number of nitrogens with one attached hydrogen (secondary N) is 1. The molecule has 0 bridgehead atoms. The second-order valence-electron chi connectivity index (χ2n) is 4.44. The second kappa shape index (κ2) is 4.21. The lowest BCUT2D eigenvalue weighted by Crippen LogP contribution is -2.50. The van der Waals surface area contributed by atoms with E-state index in [-0.39, 0.29) is 23.5 Å². The van der Waals surface area contributed by atoms with Crippen molar-refractivity contribution in [2.45, 2.75) is 58.5 Å². The van der Waals surface area contributed by atoms with Gasteiger partial charge in [0.1, 0.15) is 6.04 Å². The van der Waals surface area contributed by atoms with Gasteiger partial charge in [-0.25, -0.2) is 4.79 Å². The molecule has 1 unspecified atom stereocenters. The number of urea groups is 1. The average Bonchev–Trinajstić information content (AvgIpc) is 2.42. The van der Waals surface area contributed by atoms with E-state index in [1.54, 1.807) is 11.8 Å². The minimum absolute atomic E-state index is 0.184. The van der Waals surface area contributed by atoms with Gasteiger partial charge in [-0.3, -0.25) is 10.1 Å². The van der Waals surface area contributed by atoms with E-state index < -0.39 is 0 Å². The molecule has 1 heterocycles. The highest BCUT2D eigenvalue weighted by molar-refractivity contribution is 6.04. The Kier molecular flexibility index (Phi) is 3.37. The van der Waals surface area contributed by atoms with E-state index in [4.69, 9.17) is 0 Å². The maximum Gasteiger partial charge on any atom is 0.325 e. The molecule has 4 nitrogen and oxygen atoms in total. The van der Waals surface area contributed by atoms with Gasteiger partial charge in [0.25, 0.3) is 5.91 Å². The van der Waals surface area contributed by atoms with Crippen LogP contribution >= 0.6 is 0 Å². The van der Waals surface area contributed by atoms with Gasteiger partial charge in [-0.1, -0.05) is 20.3 Å². The summed E-state index contributed by atoms with van der Waals surface area (Å²) < 4.78 is 0. The third kappa shape index (κ3) is 1.98. The quantitative estimate of drug-likeness (QED) is 0.723. The van der Waals surface area contributed by atoms with E-state index in [0.717, 1.165) is 19.3 Å². The molecule has 0 aromatic carbocycles. The Bertz CT molecular complexity index is 278. The molecule has 1 rings (SSSR count). The first-order valence-electron chi connectivity index (χ1n) is 5.60. The topological polar surface area (TPSA) is 49.4 Å². The standard InChI is InChI=1S/C11H20N2O2/c1-5-7-11(4,6-2)13-8(3)9(14)12-10(13)15/h8H,5-7H2,1-4H3,(H,12,14,15)/t8-,11?/m0/s1. The van der Waals surface area contributed by atoms with E-state index >= 15 is 0 Å². The SMILES string of the molecule is CCCC(C)(CC)N1C(=O)NC(=O)[C@@H]1C. The van der Waals surface area contributed by atoms with Crippen LogP contribution in [0.2, 0.25) is 0 Å². The minimum Gasteiger partial charge on any atom is -0.307 e. The molecular formula is C11H20N2O2. The smallest absolute Gasteiger partial charge is 0.307 e. The van der Waals surface area contributed by atoms with Crippen LogP contribution in [0.3, 0.4) is 0 Å². The van der Waals surface area contributed by atoms with Gasteiger partial charge in [-0.2, -0.15) is 0 Å². The summed E-state index contributed by atoms with van der Waals surface area (Å²) in [5.74, 6) is -0.184. The number of hydrogen-bond donors (Lipinski definition) is 1. The summed E-state index contributed by atoms with van der Waals surface area (Å²) in [4.78, 5) is 24.8. The van der Waals surface area contributed by atoms with Crippen molar-refractivity contribution in [2.24, 2.45) is 0 Å². The van der Waals surface area contributed by atoms with Gasteiger partial charge in [0, 0.05) is 5.54 Å². The van der Waals surface area contributed by atoms with Crippen LogP contribution in [0.5, 0.6) is 0 Å². The largest absolute Gasteiger partial charge is 0.325 e. The fraction of sp³-hybridized carbons (Fsp3) is 0.818. The zero-order valence-corrected chi connectivity index (χ0v) is 9.96. The molecule has 1 fully saturated rings. The van der Waals surface area contributed by atoms with Gasteiger partial charge in [-0.15, -0.1) is 0 Å². The molecule has 1 saturated heterocycles. The number of carbonyl (C=O) groups is 2. The highest BCUT2D eigenvalue weighted by atomic mass is 16.2. The Morgan fingerprint density at radius 2 is 2.00 bits per heavy atom. The molecule has 3 amide bonds. The number of carbonyl (C=O) groups excluding carboxylic acids is 2. The van der Waals surface area contributed by atoms with Gasteiger partial charge >= 0.3 is 6.03 Å². The summed E-state index contributed by atoms with van der Waals surface area (Å²) >= 11 is 0. The molecule has 0 aliphatic carbocycles. The number of imide groups is 1. The number of amides is 3. The first kappa shape index (κ1) is 12.0. The average molecular weight is 212 g/mol. The molecule has 4 heteroatoms. The van der Waals surface area contributed by atoms with Crippen molar-refractivity contribution in [3.63, 3.8) is 0 Å². The third-order valence-electron chi connectivity index (χ3n) is 3.35. The van der Waals surface area contributed by atoms with E-state index in [1.165, 1.54) is 0 Å². The predicted molar refractivity (Wildman–Crippen MR) is 58.4 cm³/mol. The lowest BCUT2D eigenvalue weighted by molar-refractivity contribution is -0.121. The van der Waals surface area contributed by atoms with Crippen LogP contribution in [0.15, 0.2) is 0 Å². The Hall–Kier alpha value is -1.06. The molecule has 15 heavy (non-hydrogen) atoms. The van der Waals surface area contributed by atoms with E-state index in [0.29, 0.717) is 0 Å². The molecule has 86 valence electrons. The fourth-order valence-corrected chi connectivity index (χ4v) is 2.28. The minimum atomic E-state index is -0.339. The summed E-state index contributed by atoms with van der Waals surface area (Å²) in [5.41, 5.74) is -0.204. The monoisotopic (exact) mass is 212 g/mol.